The molecule has 1 aliphatic heterocycles. The molecule has 2 rings (SSSR count). The summed E-state index contributed by atoms with van der Waals surface area (Å²) in [6, 6.07) is 0. The molecule has 1 N–H and O–H groups in total. The second kappa shape index (κ2) is 7.99. The third kappa shape index (κ3) is 3.73. The predicted molar refractivity (Wildman–Crippen MR) is 90.4 cm³/mol. The Balaban J connectivity index is 2.08. The maximum Gasteiger partial charge on any atom is 0.329 e. The van der Waals surface area contributed by atoms with Crippen molar-refractivity contribution in [1.29, 1.82) is 0 Å². The molecule has 1 atom stereocenters. The fraction of sp³-hybridized carbons (Fsp3) is 0.833. The van der Waals surface area contributed by atoms with Crippen molar-refractivity contribution in [2.45, 2.75) is 70.3 Å². The highest BCUT2D eigenvalue weighted by Gasteiger charge is 2.47. The summed E-state index contributed by atoms with van der Waals surface area (Å²) in [5, 5.41) is 9.76. The number of amides is 2. The number of carbonyl (C=O) groups excluding carboxylic acids is 2. The van der Waals surface area contributed by atoms with Crippen molar-refractivity contribution in [2.75, 3.05) is 20.1 Å². The van der Waals surface area contributed by atoms with Gasteiger partial charge in [0.2, 0.25) is 11.8 Å². The Bertz CT molecular complexity index is 485. The van der Waals surface area contributed by atoms with E-state index in [0.717, 1.165) is 38.5 Å². The van der Waals surface area contributed by atoms with Crippen molar-refractivity contribution >= 4 is 17.8 Å². The SMILES string of the molecule is CCCC(=O)N1CCCC(C(=O)N(C)C2(C(=O)O)CCCCC2)C1. The minimum Gasteiger partial charge on any atom is -0.479 e. The van der Waals surface area contributed by atoms with Crippen molar-refractivity contribution in [3.8, 4) is 0 Å². The summed E-state index contributed by atoms with van der Waals surface area (Å²) in [6.45, 7) is 3.10. The van der Waals surface area contributed by atoms with Crippen LogP contribution in [-0.4, -0.2) is 58.4 Å². The van der Waals surface area contributed by atoms with Crippen LogP contribution < -0.4 is 0 Å². The Morgan fingerprint density at radius 1 is 1.17 bits per heavy atom. The molecule has 136 valence electrons. The molecule has 24 heavy (non-hydrogen) atoms. The van der Waals surface area contributed by atoms with Gasteiger partial charge in [-0.15, -0.1) is 0 Å². The Labute approximate surface area is 144 Å². The highest BCUT2D eigenvalue weighted by molar-refractivity contribution is 5.88. The molecule has 0 radical (unpaired) electrons. The van der Waals surface area contributed by atoms with Gasteiger partial charge < -0.3 is 14.9 Å². The molecule has 2 aliphatic rings. The number of carbonyl (C=O) groups is 3. The number of likely N-dealkylation sites (tertiary alicyclic amines) is 1. The maximum absolute atomic E-state index is 13.0. The molecule has 0 bridgehead atoms. The molecule has 0 aromatic rings. The number of rotatable bonds is 5. The number of aliphatic carboxylic acids is 1. The summed E-state index contributed by atoms with van der Waals surface area (Å²) in [5.74, 6) is -1.19. The summed E-state index contributed by atoms with van der Waals surface area (Å²) in [7, 11) is 1.63. The number of hydrogen-bond acceptors (Lipinski definition) is 3. The number of likely N-dealkylation sites (N-methyl/N-ethyl adjacent to an activating group) is 1. The van der Waals surface area contributed by atoms with E-state index < -0.39 is 11.5 Å². The van der Waals surface area contributed by atoms with Crippen LogP contribution in [0.1, 0.15) is 64.7 Å². The first-order valence-electron chi connectivity index (χ1n) is 9.21. The number of piperidine rings is 1. The summed E-state index contributed by atoms with van der Waals surface area (Å²) >= 11 is 0. The Morgan fingerprint density at radius 3 is 2.42 bits per heavy atom. The first-order chi connectivity index (χ1) is 11.4. The van der Waals surface area contributed by atoms with Crippen molar-refractivity contribution in [1.82, 2.24) is 9.80 Å². The van der Waals surface area contributed by atoms with Gasteiger partial charge >= 0.3 is 5.97 Å². The topological polar surface area (TPSA) is 77.9 Å². The van der Waals surface area contributed by atoms with Crippen molar-refractivity contribution < 1.29 is 19.5 Å². The van der Waals surface area contributed by atoms with E-state index in [1.54, 1.807) is 11.9 Å². The lowest BCUT2D eigenvalue weighted by molar-refractivity contribution is -0.163. The Morgan fingerprint density at radius 2 is 1.83 bits per heavy atom. The van der Waals surface area contributed by atoms with E-state index in [2.05, 4.69) is 0 Å². The largest absolute Gasteiger partial charge is 0.479 e. The minimum absolute atomic E-state index is 0.100. The molecule has 0 aromatic heterocycles. The standard InChI is InChI=1S/C18H30N2O4/c1-3-8-15(21)20-12-7-9-14(13-20)16(22)19(2)18(17(23)24)10-5-4-6-11-18/h14H,3-13H2,1-2H3,(H,23,24). The van der Waals surface area contributed by atoms with Crippen molar-refractivity contribution in [3.05, 3.63) is 0 Å². The summed E-state index contributed by atoms with van der Waals surface area (Å²) in [5.41, 5.74) is -1.06. The second-order valence-corrected chi connectivity index (χ2v) is 7.22. The first-order valence-corrected chi connectivity index (χ1v) is 9.21. The van der Waals surface area contributed by atoms with Crippen LogP contribution in [0.25, 0.3) is 0 Å². The zero-order valence-electron chi connectivity index (χ0n) is 14.9. The molecule has 0 aromatic carbocycles. The molecule has 1 aliphatic carbocycles. The normalized spacial score (nSPS) is 23.6. The van der Waals surface area contributed by atoms with Gasteiger partial charge in [-0.2, -0.15) is 0 Å². The van der Waals surface area contributed by atoms with E-state index in [1.165, 1.54) is 4.90 Å². The molecule has 1 saturated heterocycles. The highest BCUT2D eigenvalue weighted by Crippen LogP contribution is 2.35. The van der Waals surface area contributed by atoms with Crippen LogP contribution in [0.4, 0.5) is 0 Å². The lowest BCUT2D eigenvalue weighted by Gasteiger charge is -2.43. The summed E-state index contributed by atoms with van der Waals surface area (Å²) in [4.78, 5) is 40.2. The average Bonchev–Trinajstić information content (AvgIpc) is 2.61. The average molecular weight is 338 g/mol. The van der Waals surface area contributed by atoms with Gasteiger partial charge in [-0.1, -0.05) is 26.2 Å². The third-order valence-corrected chi connectivity index (χ3v) is 5.64. The molecule has 1 unspecified atom stereocenters. The van der Waals surface area contributed by atoms with Crippen LogP contribution in [0.2, 0.25) is 0 Å². The number of hydrogen-bond donors (Lipinski definition) is 1. The van der Waals surface area contributed by atoms with Gasteiger partial charge in [-0.3, -0.25) is 9.59 Å². The second-order valence-electron chi connectivity index (χ2n) is 7.22. The number of carboxylic acid groups (broad SMARTS) is 1. The minimum atomic E-state index is -1.06. The predicted octanol–water partition coefficient (Wildman–Crippen LogP) is 2.27. The van der Waals surface area contributed by atoms with Gasteiger partial charge in [0.15, 0.2) is 0 Å². The van der Waals surface area contributed by atoms with E-state index in [0.29, 0.717) is 32.4 Å². The van der Waals surface area contributed by atoms with Crippen LogP contribution in [0, 0.1) is 5.92 Å². The molecule has 0 spiro atoms. The van der Waals surface area contributed by atoms with Crippen LogP contribution in [0.3, 0.4) is 0 Å². The molecule has 2 amide bonds. The molecular formula is C18H30N2O4. The van der Waals surface area contributed by atoms with Gasteiger partial charge in [-0.05, 0) is 32.1 Å². The fourth-order valence-electron chi connectivity index (χ4n) is 4.09. The fourth-order valence-corrected chi connectivity index (χ4v) is 4.09. The van der Waals surface area contributed by atoms with Gasteiger partial charge in [0.05, 0.1) is 5.92 Å². The maximum atomic E-state index is 13.0. The lowest BCUT2D eigenvalue weighted by atomic mass is 9.79. The Kier molecular flexibility index (Phi) is 6.24. The van der Waals surface area contributed by atoms with E-state index in [4.69, 9.17) is 0 Å². The molecule has 6 nitrogen and oxygen atoms in total. The van der Waals surface area contributed by atoms with Crippen LogP contribution in [-0.2, 0) is 14.4 Å². The zero-order chi connectivity index (χ0) is 17.7. The van der Waals surface area contributed by atoms with Crippen molar-refractivity contribution in [3.63, 3.8) is 0 Å². The van der Waals surface area contributed by atoms with Gasteiger partial charge in [0.1, 0.15) is 5.54 Å². The van der Waals surface area contributed by atoms with Gasteiger partial charge in [0.25, 0.3) is 0 Å². The van der Waals surface area contributed by atoms with E-state index >= 15 is 0 Å². The summed E-state index contributed by atoms with van der Waals surface area (Å²) in [6.07, 6.45) is 6.61. The van der Waals surface area contributed by atoms with Gasteiger partial charge in [0, 0.05) is 26.6 Å². The Hall–Kier alpha value is -1.59. The van der Waals surface area contributed by atoms with Crippen molar-refractivity contribution in [2.24, 2.45) is 5.92 Å². The smallest absolute Gasteiger partial charge is 0.329 e. The van der Waals surface area contributed by atoms with Crippen LogP contribution in [0.5, 0.6) is 0 Å². The first kappa shape index (κ1) is 18.7. The summed E-state index contributed by atoms with van der Waals surface area (Å²) < 4.78 is 0. The quantitative estimate of drug-likeness (QED) is 0.834. The lowest BCUT2D eigenvalue weighted by Crippen LogP contribution is -2.59. The highest BCUT2D eigenvalue weighted by atomic mass is 16.4. The molecule has 1 heterocycles. The number of carboxylic acids is 1. The van der Waals surface area contributed by atoms with E-state index in [9.17, 15) is 19.5 Å². The van der Waals surface area contributed by atoms with Gasteiger partial charge in [-0.25, -0.2) is 4.79 Å². The number of nitrogens with zero attached hydrogens (tertiary/aromatic N) is 2. The third-order valence-electron chi connectivity index (χ3n) is 5.64. The van der Waals surface area contributed by atoms with Crippen LogP contribution in [0.15, 0.2) is 0 Å². The molecule has 6 heteroatoms. The van der Waals surface area contributed by atoms with E-state index in [-0.39, 0.29) is 17.7 Å². The molecule has 1 saturated carbocycles. The van der Waals surface area contributed by atoms with Crippen LogP contribution >= 0.6 is 0 Å². The zero-order valence-corrected chi connectivity index (χ0v) is 14.9. The van der Waals surface area contributed by atoms with E-state index in [1.807, 2.05) is 6.92 Å². The monoisotopic (exact) mass is 338 g/mol. The molecule has 2 fully saturated rings. The molecular weight excluding hydrogens is 308 g/mol.